The molecule has 3 N–H and O–H groups in total. The summed E-state index contributed by atoms with van der Waals surface area (Å²) in [6, 6.07) is 5.19. The van der Waals surface area contributed by atoms with E-state index in [2.05, 4.69) is 33.2 Å². The number of benzene rings is 1. The van der Waals surface area contributed by atoms with E-state index in [1.54, 1.807) is 18.2 Å². The van der Waals surface area contributed by atoms with Crippen molar-refractivity contribution in [3.05, 3.63) is 54.7 Å². The number of allylic oxidation sites excluding steroid dienone is 1. The second kappa shape index (κ2) is 16.5. The molecule has 11 heteroatoms. The van der Waals surface area contributed by atoms with E-state index in [1.165, 1.54) is 29.5 Å². The summed E-state index contributed by atoms with van der Waals surface area (Å²) in [5.74, 6) is -0.0900. The lowest BCUT2D eigenvalue weighted by Crippen LogP contribution is -2.45. The fraction of sp³-hybridized carbons (Fsp3) is 0.552. The Hall–Kier alpha value is -2.70. The van der Waals surface area contributed by atoms with Gasteiger partial charge in [0.1, 0.15) is 10.6 Å². The number of nitrogens with two attached hydrogens (primary N) is 1. The van der Waals surface area contributed by atoms with Crippen LogP contribution in [0.5, 0.6) is 5.75 Å². The van der Waals surface area contributed by atoms with Gasteiger partial charge in [-0.05, 0) is 49.7 Å². The number of likely N-dealkylation sites (N-methyl/N-ethyl adjacent to an activating group) is 1. The number of hydrogen-bond donors (Lipinski definition) is 2. The molecule has 0 radical (unpaired) electrons. The average Bonchev–Trinajstić information content (AvgIpc) is 2.94. The van der Waals surface area contributed by atoms with Crippen molar-refractivity contribution in [1.82, 2.24) is 19.4 Å². The lowest BCUT2D eigenvalue weighted by molar-refractivity contribution is -0.123. The third-order valence-corrected chi connectivity index (χ3v) is 8.76. The second-order valence-electron chi connectivity index (χ2n) is 10.1. The van der Waals surface area contributed by atoms with E-state index in [0.717, 1.165) is 52.1 Å². The van der Waals surface area contributed by atoms with Crippen molar-refractivity contribution in [2.24, 2.45) is 5.73 Å². The molecule has 0 atom stereocenters. The van der Waals surface area contributed by atoms with Crippen molar-refractivity contribution in [3.8, 4) is 5.75 Å². The molecule has 0 unspecified atom stereocenters. The number of carbonyl (C=O) groups is 1. The van der Waals surface area contributed by atoms with E-state index in [1.807, 2.05) is 26.1 Å². The minimum absolute atomic E-state index is 0.104. The van der Waals surface area contributed by atoms with Gasteiger partial charge in [-0.3, -0.25) is 9.69 Å². The molecule has 3 rings (SSSR count). The van der Waals surface area contributed by atoms with Gasteiger partial charge >= 0.3 is 0 Å². The fourth-order valence-electron chi connectivity index (χ4n) is 4.56. The van der Waals surface area contributed by atoms with Crippen molar-refractivity contribution in [3.63, 3.8) is 0 Å². The van der Waals surface area contributed by atoms with Crippen molar-refractivity contribution in [1.29, 1.82) is 0 Å². The summed E-state index contributed by atoms with van der Waals surface area (Å²) in [6.07, 6.45) is 5.56. The first-order chi connectivity index (χ1) is 19.1. The van der Waals surface area contributed by atoms with Crippen LogP contribution in [0.3, 0.4) is 0 Å². The van der Waals surface area contributed by atoms with E-state index in [-0.39, 0.29) is 23.2 Å². The normalized spacial score (nSPS) is 16.8. The number of ether oxygens (including phenoxy) is 1. The number of sulfonamides is 1. The van der Waals surface area contributed by atoms with Crippen LogP contribution in [0.1, 0.15) is 19.8 Å². The standard InChI is InChI=1S/C27H41N5O4S.C2H7N/c1-6-22-12-15-31(20-23(22)7-2)14-9-13-28-26(33)21-36-25-11-8-10-24(27(25)37(34,35)29(3)4)32-18-16-30(5)17-19-32;1-2-3/h6-8,10-11H,1-2,9,12-21H2,3-5H3,(H,28,33);2-3H2,1H3. The van der Waals surface area contributed by atoms with Crippen LogP contribution < -0.4 is 20.7 Å². The number of hydrogen-bond acceptors (Lipinski definition) is 8. The van der Waals surface area contributed by atoms with Gasteiger partial charge in [0.05, 0.1) is 5.69 Å². The number of amides is 1. The summed E-state index contributed by atoms with van der Waals surface area (Å²) in [4.78, 5) is 19.2. The molecule has 2 heterocycles. The van der Waals surface area contributed by atoms with Gasteiger partial charge in [0, 0.05) is 66.5 Å². The Morgan fingerprint density at radius 3 is 2.38 bits per heavy atom. The molecule has 2 aliphatic rings. The third kappa shape index (κ3) is 9.45. The minimum atomic E-state index is -3.80. The molecule has 1 aromatic carbocycles. The lowest BCUT2D eigenvalue weighted by Gasteiger charge is -2.35. The predicted molar refractivity (Wildman–Crippen MR) is 163 cm³/mol. The Balaban J connectivity index is 0.00000178. The van der Waals surface area contributed by atoms with Gasteiger partial charge < -0.3 is 25.6 Å². The van der Waals surface area contributed by atoms with Gasteiger partial charge in [0.15, 0.2) is 6.61 Å². The van der Waals surface area contributed by atoms with Crippen LogP contribution in [0.2, 0.25) is 0 Å². The average molecular weight is 577 g/mol. The predicted octanol–water partition coefficient (Wildman–Crippen LogP) is 1.91. The smallest absolute Gasteiger partial charge is 0.257 e. The molecular weight excluding hydrogens is 528 g/mol. The number of carbonyl (C=O) groups excluding carboxylic acids is 1. The molecule has 1 aromatic rings. The molecule has 1 amide bonds. The van der Waals surface area contributed by atoms with Gasteiger partial charge in [-0.25, -0.2) is 12.7 Å². The molecule has 0 bridgehead atoms. The van der Waals surface area contributed by atoms with Gasteiger partial charge in [-0.1, -0.05) is 38.3 Å². The Kier molecular flexibility index (Phi) is 13.9. The summed E-state index contributed by atoms with van der Waals surface area (Å²) in [5, 5.41) is 2.89. The monoisotopic (exact) mass is 576 g/mol. The van der Waals surface area contributed by atoms with E-state index >= 15 is 0 Å². The molecule has 40 heavy (non-hydrogen) atoms. The maximum atomic E-state index is 13.3. The highest BCUT2D eigenvalue weighted by molar-refractivity contribution is 7.89. The summed E-state index contributed by atoms with van der Waals surface area (Å²) in [6.45, 7) is 16.5. The number of anilines is 1. The van der Waals surface area contributed by atoms with Crippen LogP contribution in [0.4, 0.5) is 5.69 Å². The number of piperazine rings is 1. The molecule has 0 saturated carbocycles. The SMILES string of the molecule is C=CC1=C(C=C)CN(CCCNC(=O)COc2cccc(N3CCN(C)CC3)c2S(=O)(=O)N(C)C)CC1.CCN. The van der Waals surface area contributed by atoms with E-state index in [9.17, 15) is 13.2 Å². The third-order valence-electron chi connectivity index (χ3n) is 6.87. The Labute approximate surface area is 241 Å². The summed E-state index contributed by atoms with van der Waals surface area (Å²) in [5.41, 5.74) is 7.92. The van der Waals surface area contributed by atoms with Gasteiger partial charge in [0.2, 0.25) is 10.0 Å². The Morgan fingerprint density at radius 2 is 1.77 bits per heavy atom. The van der Waals surface area contributed by atoms with Crippen LogP contribution >= 0.6 is 0 Å². The minimum Gasteiger partial charge on any atom is -0.482 e. The summed E-state index contributed by atoms with van der Waals surface area (Å²) < 4.78 is 33.5. The molecule has 0 aromatic heterocycles. The highest BCUT2D eigenvalue weighted by atomic mass is 32.2. The van der Waals surface area contributed by atoms with Crippen LogP contribution in [0, 0.1) is 0 Å². The summed E-state index contributed by atoms with van der Waals surface area (Å²) >= 11 is 0. The van der Waals surface area contributed by atoms with E-state index in [4.69, 9.17) is 10.5 Å². The van der Waals surface area contributed by atoms with Crippen LogP contribution in [-0.4, -0.2) is 115 Å². The molecule has 0 aliphatic carbocycles. The van der Waals surface area contributed by atoms with Crippen molar-refractivity contribution in [2.45, 2.75) is 24.7 Å². The number of rotatable bonds is 12. The van der Waals surface area contributed by atoms with Crippen LogP contribution in [0.25, 0.3) is 0 Å². The first-order valence-electron chi connectivity index (χ1n) is 13.9. The molecule has 10 nitrogen and oxygen atoms in total. The molecule has 1 saturated heterocycles. The fourth-order valence-corrected chi connectivity index (χ4v) is 5.77. The Morgan fingerprint density at radius 1 is 1.12 bits per heavy atom. The topological polar surface area (TPSA) is 111 Å². The molecular formula is C29H48N6O4S. The molecule has 2 aliphatic heterocycles. The number of nitrogens with zero attached hydrogens (tertiary/aromatic N) is 4. The molecule has 224 valence electrons. The van der Waals surface area contributed by atoms with Gasteiger partial charge in [-0.15, -0.1) is 0 Å². The van der Waals surface area contributed by atoms with Crippen molar-refractivity contribution >= 4 is 21.6 Å². The zero-order valence-corrected chi connectivity index (χ0v) is 25.5. The maximum absolute atomic E-state index is 13.3. The van der Waals surface area contributed by atoms with Crippen molar-refractivity contribution < 1.29 is 17.9 Å². The van der Waals surface area contributed by atoms with E-state index < -0.39 is 10.0 Å². The van der Waals surface area contributed by atoms with Crippen molar-refractivity contribution in [2.75, 3.05) is 91.6 Å². The van der Waals surface area contributed by atoms with Crippen LogP contribution in [-0.2, 0) is 14.8 Å². The zero-order valence-electron chi connectivity index (χ0n) is 24.7. The quantitative estimate of drug-likeness (QED) is 0.363. The first kappa shape index (κ1) is 33.5. The zero-order chi connectivity index (χ0) is 29.7. The number of nitrogens with one attached hydrogen (secondary N) is 1. The van der Waals surface area contributed by atoms with Crippen LogP contribution in [0.15, 0.2) is 59.6 Å². The highest BCUT2D eigenvalue weighted by Crippen LogP contribution is 2.36. The van der Waals surface area contributed by atoms with Gasteiger partial charge in [-0.2, -0.15) is 0 Å². The second-order valence-corrected chi connectivity index (χ2v) is 12.2. The largest absolute Gasteiger partial charge is 0.482 e. The van der Waals surface area contributed by atoms with E-state index in [0.29, 0.717) is 25.3 Å². The Bertz CT molecular complexity index is 1130. The lowest BCUT2D eigenvalue weighted by atomic mass is 10.00. The summed E-state index contributed by atoms with van der Waals surface area (Å²) in [7, 11) is 1.26. The molecule has 1 fully saturated rings. The maximum Gasteiger partial charge on any atom is 0.257 e. The first-order valence-corrected chi connectivity index (χ1v) is 15.3. The molecule has 0 spiro atoms. The highest BCUT2D eigenvalue weighted by Gasteiger charge is 2.30. The van der Waals surface area contributed by atoms with Gasteiger partial charge in [0.25, 0.3) is 5.91 Å².